The van der Waals surface area contributed by atoms with E-state index in [0.717, 1.165) is 34.9 Å². The SMILES string of the molecule is CN(Cc1ccc(Cl)o1)c1c(C2CC2)cccc1N(N)C(=O)NN. The van der Waals surface area contributed by atoms with Gasteiger partial charge in [-0.3, -0.25) is 5.43 Å². The fourth-order valence-corrected chi connectivity index (χ4v) is 2.97. The van der Waals surface area contributed by atoms with Crippen LogP contribution in [0.3, 0.4) is 0 Å². The highest BCUT2D eigenvalue weighted by molar-refractivity contribution is 6.28. The van der Waals surface area contributed by atoms with Gasteiger partial charge in [-0.25, -0.2) is 21.5 Å². The minimum atomic E-state index is -0.585. The van der Waals surface area contributed by atoms with Gasteiger partial charge >= 0.3 is 6.03 Å². The monoisotopic (exact) mass is 349 g/mol. The molecule has 1 fully saturated rings. The Kier molecular flexibility index (Phi) is 4.66. The van der Waals surface area contributed by atoms with Crippen molar-refractivity contribution >= 4 is 29.0 Å². The number of furan rings is 1. The molecule has 1 saturated carbocycles. The largest absolute Gasteiger partial charge is 0.448 e. The Balaban J connectivity index is 1.97. The van der Waals surface area contributed by atoms with E-state index in [0.29, 0.717) is 23.4 Å². The molecule has 7 nitrogen and oxygen atoms in total. The van der Waals surface area contributed by atoms with Gasteiger partial charge in [0.05, 0.1) is 17.9 Å². The Morgan fingerprint density at radius 2 is 2.12 bits per heavy atom. The number of hydrazine groups is 2. The van der Waals surface area contributed by atoms with E-state index in [9.17, 15) is 4.79 Å². The van der Waals surface area contributed by atoms with Crippen LogP contribution in [0, 0.1) is 0 Å². The van der Waals surface area contributed by atoms with Gasteiger partial charge in [-0.2, -0.15) is 0 Å². The summed E-state index contributed by atoms with van der Waals surface area (Å²) in [6.45, 7) is 0.502. The summed E-state index contributed by atoms with van der Waals surface area (Å²) in [6.07, 6.45) is 2.26. The number of carbonyl (C=O) groups is 1. The summed E-state index contributed by atoms with van der Waals surface area (Å²) in [5.74, 6) is 12.4. The molecule has 5 N–H and O–H groups in total. The zero-order valence-electron chi connectivity index (χ0n) is 13.3. The van der Waals surface area contributed by atoms with E-state index < -0.39 is 6.03 Å². The number of nitrogens with two attached hydrogens (primary N) is 2. The van der Waals surface area contributed by atoms with Crippen molar-refractivity contribution in [2.45, 2.75) is 25.3 Å². The predicted octanol–water partition coefficient (Wildman–Crippen LogP) is 2.71. The summed E-state index contributed by atoms with van der Waals surface area (Å²) in [4.78, 5) is 13.9. The van der Waals surface area contributed by atoms with Gasteiger partial charge in [0.1, 0.15) is 5.76 Å². The first-order valence-corrected chi connectivity index (χ1v) is 8.02. The molecule has 0 aliphatic heterocycles. The Bertz CT molecular complexity index is 744. The number of nitrogens with zero attached hydrogens (tertiary/aromatic N) is 2. The minimum Gasteiger partial charge on any atom is -0.448 e. The maximum absolute atomic E-state index is 11.9. The molecular formula is C16H20ClN5O2. The van der Waals surface area contributed by atoms with Gasteiger partial charge in [0.15, 0.2) is 5.22 Å². The van der Waals surface area contributed by atoms with Crippen LogP contribution in [0.1, 0.15) is 30.1 Å². The molecule has 8 heteroatoms. The van der Waals surface area contributed by atoms with Gasteiger partial charge in [-0.05, 0) is 54.1 Å². The third-order valence-electron chi connectivity index (χ3n) is 4.07. The standard InChI is InChI=1S/C16H20ClN5O2/c1-21(9-11-7-8-14(17)24-11)15-12(10-5-6-10)3-2-4-13(15)22(19)16(23)20-18/h2-4,7-8,10H,5-6,9,18-19H2,1H3,(H,20,23). The molecule has 0 radical (unpaired) electrons. The zero-order valence-corrected chi connectivity index (χ0v) is 14.1. The molecule has 0 atom stereocenters. The highest BCUT2D eigenvalue weighted by Crippen LogP contribution is 2.47. The third-order valence-corrected chi connectivity index (χ3v) is 4.27. The van der Waals surface area contributed by atoms with Gasteiger partial charge in [-0.1, -0.05) is 12.1 Å². The maximum Gasteiger partial charge on any atom is 0.350 e. The second-order valence-electron chi connectivity index (χ2n) is 5.87. The van der Waals surface area contributed by atoms with Crippen LogP contribution in [-0.4, -0.2) is 13.1 Å². The molecule has 128 valence electrons. The van der Waals surface area contributed by atoms with Gasteiger partial charge < -0.3 is 9.32 Å². The molecule has 3 rings (SSSR count). The van der Waals surface area contributed by atoms with Crippen LogP contribution in [0.4, 0.5) is 16.2 Å². The summed E-state index contributed by atoms with van der Waals surface area (Å²) < 4.78 is 5.44. The first-order chi connectivity index (χ1) is 11.5. The van der Waals surface area contributed by atoms with Crippen molar-refractivity contribution in [2.24, 2.45) is 11.7 Å². The van der Waals surface area contributed by atoms with Crippen LogP contribution in [0.2, 0.25) is 5.22 Å². The van der Waals surface area contributed by atoms with Crippen LogP contribution >= 0.6 is 11.6 Å². The van der Waals surface area contributed by atoms with Crippen LogP contribution in [0.25, 0.3) is 0 Å². The number of carbonyl (C=O) groups excluding carboxylic acids is 1. The molecule has 24 heavy (non-hydrogen) atoms. The van der Waals surface area contributed by atoms with Gasteiger partial charge in [0.25, 0.3) is 0 Å². The number of amides is 2. The van der Waals surface area contributed by atoms with Gasteiger partial charge in [0, 0.05) is 7.05 Å². The highest BCUT2D eigenvalue weighted by Gasteiger charge is 2.30. The Labute approximate surface area is 145 Å². The van der Waals surface area contributed by atoms with Crippen molar-refractivity contribution < 1.29 is 9.21 Å². The highest BCUT2D eigenvalue weighted by atomic mass is 35.5. The second kappa shape index (κ2) is 6.72. The average molecular weight is 350 g/mol. The number of para-hydroxylation sites is 1. The number of urea groups is 1. The molecule has 1 aliphatic rings. The number of hydrogen-bond donors (Lipinski definition) is 3. The minimum absolute atomic E-state index is 0.345. The third kappa shape index (κ3) is 3.33. The van der Waals surface area contributed by atoms with E-state index in [-0.39, 0.29) is 0 Å². The topological polar surface area (TPSA) is 101 Å². The molecule has 2 aromatic rings. The normalized spacial score (nSPS) is 13.7. The molecule has 1 heterocycles. The number of halogens is 1. The molecule has 0 spiro atoms. The summed E-state index contributed by atoms with van der Waals surface area (Å²) in [6, 6.07) is 8.70. The molecule has 0 bridgehead atoms. The maximum atomic E-state index is 11.9. The molecule has 1 aromatic carbocycles. The molecule has 0 unspecified atom stereocenters. The Morgan fingerprint density at radius 3 is 2.71 bits per heavy atom. The fourth-order valence-electron chi connectivity index (χ4n) is 2.81. The fraction of sp³-hybridized carbons (Fsp3) is 0.312. The van der Waals surface area contributed by atoms with Gasteiger partial charge in [0.2, 0.25) is 0 Å². The van der Waals surface area contributed by atoms with E-state index in [1.165, 1.54) is 0 Å². The van der Waals surface area contributed by atoms with E-state index in [4.69, 9.17) is 27.7 Å². The quantitative estimate of drug-likeness (QED) is 0.437. The van der Waals surface area contributed by atoms with Gasteiger partial charge in [-0.15, -0.1) is 0 Å². The lowest BCUT2D eigenvalue weighted by molar-refractivity contribution is 0.246. The van der Waals surface area contributed by atoms with Crippen molar-refractivity contribution in [3.63, 3.8) is 0 Å². The second-order valence-corrected chi connectivity index (χ2v) is 6.24. The lowest BCUT2D eigenvalue weighted by Gasteiger charge is -2.28. The Hall–Kier alpha value is -2.22. The van der Waals surface area contributed by atoms with E-state index >= 15 is 0 Å². The van der Waals surface area contributed by atoms with Crippen molar-refractivity contribution in [1.29, 1.82) is 0 Å². The number of rotatable bonds is 5. The van der Waals surface area contributed by atoms with E-state index in [1.54, 1.807) is 12.1 Å². The van der Waals surface area contributed by atoms with Crippen molar-refractivity contribution in [1.82, 2.24) is 5.43 Å². The number of hydrogen-bond acceptors (Lipinski definition) is 5. The average Bonchev–Trinajstić information content (AvgIpc) is 3.35. The first-order valence-electron chi connectivity index (χ1n) is 7.65. The van der Waals surface area contributed by atoms with Crippen LogP contribution in [-0.2, 0) is 6.54 Å². The number of benzene rings is 1. The van der Waals surface area contributed by atoms with Crippen molar-refractivity contribution in [3.8, 4) is 0 Å². The number of anilines is 2. The zero-order chi connectivity index (χ0) is 17.3. The summed E-state index contributed by atoms with van der Waals surface area (Å²) in [5.41, 5.74) is 4.69. The van der Waals surface area contributed by atoms with E-state index in [2.05, 4.69) is 11.5 Å². The lowest BCUT2D eigenvalue weighted by atomic mass is 10.1. The van der Waals surface area contributed by atoms with Crippen molar-refractivity contribution in [2.75, 3.05) is 17.0 Å². The molecule has 2 amide bonds. The predicted molar refractivity (Wildman–Crippen MR) is 93.6 cm³/mol. The number of nitrogens with one attached hydrogen (secondary N) is 1. The van der Waals surface area contributed by atoms with Crippen LogP contribution < -0.4 is 27.0 Å². The first kappa shape index (κ1) is 16.6. The molecule has 1 aliphatic carbocycles. The molecule has 1 aromatic heterocycles. The molecular weight excluding hydrogens is 330 g/mol. The summed E-state index contributed by atoms with van der Waals surface area (Å²) >= 11 is 5.84. The smallest absolute Gasteiger partial charge is 0.350 e. The lowest BCUT2D eigenvalue weighted by Crippen LogP contribution is -2.48. The van der Waals surface area contributed by atoms with Crippen LogP contribution in [0.15, 0.2) is 34.7 Å². The van der Waals surface area contributed by atoms with Crippen molar-refractivity contribution in [3.05, 3.63) is 46.9 Å². The Morgan fingerprint density at radius 1 is 1.38 bits per heavy atom. The van der Waals surface area contributed by atoms with E-state index in [1.807, 2.05) is 24.1 Å². The molecule has 0 saturated heterocycles. The van der Waals surface area contributed by atoms with Crippen LogP contribution in [0.5, 0.6) is 0 Å². The summed E-state index contributed by atoms with van der Waals surface area (Å²) in [7, 11) is 1.93. The summed E-state index contributed by atoms with van der Waals surface area (Å²) in [5, 5.41) is 1.37.